The van der Waals surface area contributed by atoms with E-state index in [2.05, 4.69) is 9.05 Å². The van der Waals surface area contributed by atoms with Crippen molar-refractivity contribution < 1.29 is 23.3 Å². The molecule has 12 heavy (non-hydrogen) atoms. The summed E-state index contributed by atoms with van der Waals surface area (Å²) in [5.74, 6) is -0.664. The second-order valence-electron chi connectivity index (χ2n) is 2.58. The van der Waals surface area contributed by atoms with Crippen molar-refractivity contribution in [2.45, 2.75) is 25.7 Å². The summed E-state index contributed by atoms with van der Waals surface area (Å²) in [4.78, 5) is 19.6. The number of rotatable bonds is 0. The van der Waals surface area contributed by atoms with Crippen molar-refractivity contribution in [3.05, 3.63) is 0 Å². The largest absolute Gasteiger partial charge is 0.529 e. The van der Waals surface area contributed by atoms with Gasteiger partial charge in [0.2, 0.25) is 0 Å². The van der Waals surface area contributed by atoms with Crippen LogP contribution >= 0.6 is 7.82 Å². The van der Waals surface area contributed by atoms with Gasteiger partial charge in [0, 0.05) is 6.42 Å². The fourth-order valence-corrected chi connectivity index (χ4v) is 1.69. The third kappa shape index (κ3) is 3.34. The van der Waals surface area contributed by atoms with Gasteiger partial charge >= 0.3 is 13.8 Å². The highest BCUT2D eigenvalue weighted by atomic mass is 31.2. The molecule has 0 aromatic heterocycles. The Morgan fingerprint density at radius 2 is 2.08 bits per heavy atom. The number of phosphoric acid groups is 1. The van der Waals surface area contributed by atoms with Crippen LogP contribution in [-0.2, 0) is 18.4 Å². The minimum atomic E-state index is -4.09. The van der Waals surface area contributed by atoms with Crippen LogP contribution in [-0.4, -0.2) is 17.5 Å². The number of phosphoric ester groups is 1. The van der Waals surface area contributed by atoms with Crippen molar-refractivity contribution >= 4 is 13.8 Å². The molecule has 5 nitrogen and oxygen atoms in total. The van der Waals surface area contributed by atoms with Crippen LogP contribution in [0.25, 0.3) is 0 Å². The molecule has 0 radical (unpaired) electrons. The Labute approximate surface area is 70.3 Å². The fraction of sp³-hybridized carbons (Fsp3) is 0.833. The monoisotopic (exact) mass is 194 g/mol. The van der Waals surface area contributed by atoms with E-state index in [0.29, 0.717) is 12.8 Å². The topological polar surface area (TPSA) is 72.8 Å². The summed E-state index contributed by atoms with van der Waals surface area (Å²) in [5, 5.41) is 0. The van der Waals surface area contributed by atoms with E-state index in [1.807, 2.05) is 0 Å². The van der Waals surface area contributed by atoms with Gasteiger partial charge in [0.15, 0.2) is 0 Å². The normalized spacial score (nSPS) is 32.9. The summed E-state index contributed by atoms with van der Waals surface area (Å²) in [6.45, 7) is 0.168. The summed E-state index contributed by atoms with van der Waals surface area (Å²) < 4.78 is 19.6. The molecule has 0 saturated carbocycles. The quantitative estimate of drug-likeness (QED) is 0.587. The highest BCUT2D eigenvalue weighted by molar-refractivity contribution is 7.48. The molecule has 1 N–H and O–H groups in total. The van der Waals surface area contributed by atoms with Crippen molar-refractivity contribution in [3.63, 3.8) is 0 Å². The molecular weight excluding hydrogens is 183 g/mol. The molecule has 1 heterocycles. The van der Waals surface area contributed by atoms with Crippen molar-refractivity contribution in [1.82, 2.24) is 0 Å². The van der Waals surface area contributed by atoms with Gasteiger partial charge in [-0.1, -0.05) is 6.42 Å². The summed E-state index contributed by atoms with van der Waals surface area (Å²) in [5.41, 5.74) is 0. The van der Waals surface area contributed by atoms with Crippen LogP contribution in [0.4, 0.5) is 0 Å². The molecule has 0 bridgehead atoms. The first kappa shape index (κ1) is 9.71. The number of carbonyl (C=O) groups is 1. The van der Waals surface area contributed by atoms with Gasteiger partial charge in [-0.15, -0.1) is 0 Å². The Kier molecular flexibility index (Phi) is 3.26. The van der Waals surface area contributed by atoms with Crippen LogP contribution in [0.15, 0.2) is 0 Å². The van der Waals surface area contributed by atoms with E-state index in [-0.39, 0.29) is 13.0 Å². The maximum Gasteiger partial charge on any atom is 0.529 e. The molecule has 1 aliphatic heterocycles. The molecular formula is C6H11O5P. The van der Waals surface area contributed by atoms with E-state index in [1.54, 1.807) is 0 Å². The third-order valence-electron chi connectivity index (χ3n) is 1.50. The molecule has 1 atom stereocenters. The summed E-state index contributed by atoms with van der Waals surface area (Å²) in [7, 11) is -4.09. The Bertz CT molecular complexity index is 214. The van der Waals surface area contributed by atoms with E-state index < -0.39 is 13.8 Å². The van der Waals surface area contributed by atoms with Crippen LogP contribution in [0.1, 0.15) is 25.7 Å². The molecule has 1 fully saturated rings. The van der Waals surface area contributed by atoms with Gasteiger partial charge in [0.05, 0.1) is 6.61 Å². The number of carbonyl (C=O) groups excluding carboxylic acids is 1. The molecule has 6 heteroatoms. The van der Waals surface area contributed by atoms with E-state index in [0.717, 1.165) is 6.42 Å². The zero-order valence-electron chi connectivity index (χ0n) is 6.56. The number of hydrogen-bond acceptors (Lipinski definition) is 4. The maximum atomic E-state index is 10.9. The van der Waals surface area contributed by atoms with Crippen LogP contribution in [0, 0.1) is 0 Å². The Hall–Kier alpha value is -0.380. The summed E-state index contributed by atoms with van der Waals surface area (Å²) in [6.07, 6.45) is 2.37. The van der Waals surface area contributed by atoms with E-state index in [9.17, 15) is 9.36 Å². The molecule has 1 unspecified atom stereocenters. The number of hydrogen-bond donors (Lipinski definition) is 1. The lowest BCUT2D eigenvalue weighted by molar-refractivity contribution is -0.135. The Morgan fingerprint density at radius 1 is 1.33 bits per heavy atom. The molecule has 1 saturated heterocycles. The average molecular weight is 194 g/mol. The Morgan fingerprint density at radius 3 is 2.83 bits per heavy atom. The minimum absolute atomic E-state index is 0.168. The van der Waals surface area contributed by atoms with E-state index in [4.69, 9.17) is 4.89 Å². The molecule has 1 aliphatic rings. The zero-order valence-corrected chi connectivity index (χ0v) is 7.46. The first-order valence-corrected chi connectivity index (χ1v) is 5.29. The highest BCUT2D eigenvalue weighted by Gasteiger charge is 2.26. The summed E-state index contributed by atoms with van der Waals surface area (Å²) >= 11 is 0. The molecule has 0 spiro atoms. The smallest absolute Gasteiger partial charge is 0.371 e. The molecule has 0 aromatic carbocycles. The molecule has 1 rings (SSSR count). The Balaban J connectivity index is 2.55. The maximum absolute atomic E-state index is 10.9. The third-order valence-corrected chi connectivity index (χ3v) is 2.44. The molecule has 70 valence electrons. The molecule has 0 amide bonds. The van der Waals surface area contributed by atoms with Crippen LogP contribution in [0.5, 0.6) is 0 Å². The molecule has 0 aliphatic carbocycles. The van der Waals surface area contributed by atoms with Crippen molar-refractivity contribution in [2.24, 2.45) is 0 Å². The van der Waals surface area contributed by atoms with Crippen molar-refractivity contribution in [2.75, 3.05) is 6.61 Å². The SMILES string of the molecule is O=C1CCCCCOP(=O)(O)O1. The average Bonchev–Trinajstić information content (AvgIpc) is 1.99. The lowest BCUT2D eigenvalue weighted by Gasteiger charge is -2.08. The highest BCUT2D eigenvalue weighted by Crippen LogP contribution is 2.44. The predicted molar refractivity (Wildman–Crippen MR) is 40.3 cm³/mol. The van der Waals surface area contributed by atoms with Gasteiger partial charge < -0.3 is 4.52 Å². The second-order valence-corrected chi connectivity index (χ2v) is 3.95. The lowest BCUT2D eigenvalue weighted by Crippen LogP contribution is -2.02. The zero-order chi connectivity index (χ0) is 9.03. The van der Waals surface area contributed by atoms with Crippen LogP contribution in [0.3, 0.4) is 0 Å². The van der Waals surface area contributed by atoms with Gasteiger partial charge in [-0.05, 0) is 12.8 Å². The van der Waals surface area contributed by atoms with Gasteiger partial charge in [0.1, 0.15) is 0 Å². The fourth-order valence-electron chi connectivity index (χ4n) is 0.929. The molecule has 0 aromatic rings. The lowest BCUT2D eigenvalue weighted by atomic mass is 10.2. The predicted octanol–water partition coefficient (Wildman–Crippen LogP) is 1.22. The van der Waals surface area contributed by atoms with Crippen LogP contribution < -0.4 is 0 Å². The van der Waals surface area contributed by atoms with Crippen molar-refractivity contribution in [1.29, 1.82) is 0 Å². The van der Waals surface area contributed by atoms with Crippen molar-refractivity contribution in [3.8, 4) is 0 Å². The summed E-state index contributed by atoms with van der Waals surface area (Å²) in [6, 6.07) is 0. The first-order valence-electron chi connectivity index (χ1n) is 3.80. The minimum Gasteiger partial charge on any atom is -0.371 e. The van der Waals surface area contributed by atoms with Gasteiger partial charge in [-0.25, -0.2) is 4.57 Å². The second kappa shape index (κ2) is 4.03. The van der Waals surface area contributed by atoms with Gasteiger partial charge in [0.25, 0.3) is 0 Å². The van der Waals surface area contributed by atoms with Crippen LogP contribution in [0.2, 0.25) is 0 Å². The van der Waals surface area contributed by atoms with Gasteiger partial charge in [-0.3, -0.25) is 14.2 Å². The van der Waals surface area contributed by atoms with E-state index in [1.165, 1.54) is 0 Å². The van der Waals surface area contributed by atoms with Gasteiger partial charge in [-0.2, -0.15) is 0 Å². The first-order chi connectivity index (χ1) is 5.60. The standard InChI is InChI=1S/C6H11O5P/c7-6-4-2-1-3-5-10-12(8,9)11-6/h1-5H2,(H,8,9). The van der Waals surface area contributed by atoms with E-state index >= 15 is 0 Å².